The lowest BCUT2D eigenvalue weighted by Gasteiger charge is -2.13. The van der Waals surface area contributed by atoms with Crippen molar-refractivity contribution in [3.05, 3.63) is 61.9 Å². The number of aromatic hydroxyl groups is 1. The molecule has 0 spiro atoms. The second-order valence-corrected chi connectivity index (χ2v) is 8.11. The van der Waals surface area contributed by atoms with Gasteiger partial charge in [0.1, 0.15) is 18.1 Å². The van der Waals surface area contributed by atoms with Crippen molar-refractivity contribution in [3.63, 3.8) is 0 Å². The van der Waals surface area contributed by atoms with Crippen molar-refractivity contribution < 1.29 is 19.4 Å². The summed E-state index contributed by atoms with van der Waals surface area (Å²) in [6, 6.07) is 10.6. The van der Waals surface area contributed by atoms with Crippen LogP contribution in [0.5, 0.6) is 11.5 Å². The molecule has 2 aromatic rings. The first kappa shape index (κ1) is 19.8. The number of thioether (sulfide) groups is 1. The van der Waals surface area contributed by atoms with E-state index in [9.17, 15) is 14.7 Å². The van der Waals surface area contributed by atoms with Gasteiger partial charge in [0.2, 0.25) is 0 Å². The van der Waals surface area contributed by atoms with Crippen molar-refractivity contribution in [1.29, 1.82) is 0 Å². The van der Waals surface area contributed by atoms with Crippen molar-refractivity contribution in [3.8, 4) is 11.5 Å². The van der Waals surface area contributed by atoms with E-state index in [0.29, 0.717) is 20.8 Å². The van der Waals surface area contributed by atoms with Crippen LogP contribution in [0.4, 0.5) is 4.79 Å². The number of carbonyl (C=O) groups is 2. The number of hydrogen-bond donors (Lipinski definition) is 1. The maximum absolute atomic E-state index is 12.5. The molecule has 140 valence electrons. The maximum atomic E-state index is 12.5. The smallest absolute Gasteiger partial charge is 0.293 e. The maximum Gasteiger partial charge on any atom is 0.293 e. The molecule has 1 saturated heterocycles. The minimum absolute atomic E-state index is 0.0472. The lowest BCUT2D eigenvalue weighted by Crippen LogP contribution is -2.32. The molecular formula is C19H15BrClNO4S. The molecule has 1 aliphatic heterocycles. The van der Waals surface area contributed by atoms with Gasteiger partial charge in [0.25, 0.3) is 11.1 Å². The summed E-state index contributed by atoms with van der Waals surface area (Å²) in [6.07, 6.45) is 1.46. The molecule has 0 bridgehead atoms. The van der Waals surface area contributed by atoms with Crippen LogP contribution in [-0.2, 0) is 4.79 Å². The van der Waals surface area contributed by atoms with Gasteiger partial charge in [-0.15, -0.1) is 0 Å². The SMILES string of the molecule is Cc1cccc(OCCN2C(=O)S/C(=C\c3cc(Cl)cc(Br)c3O)C2=O)c1. The van der Waals surface area contributed by atoms with Crippen LogP contribution in [0.3, 0.4) is 0 Å². The molecule has 0 aliphatic carbocycles. The Morgan fingerprint density at radius 1 is 1.30 bits per heavy atom. The minimum Gasteiger partial charge on any atom is -0.506 e. The first-order valence-electron chi connectivity index (χ1n) is 7.98. The van der Waals surface area contributed by atoms with Gasteiger partial charge in [-0.3, -0.25) is 14.5 Å². The van der Waals surface area contributed by atoms with Crippen molar-refractivity contribution >= 4 is 56.5 Å². The van der Waals surface area contributed by atoms with Gasteiger partial charge in [0.15, 0.2) is 0 Å². The molecule has 27 heavy (non-hydrogen) atoms. The molecule has 3 rings (SSSR count). The monoisotopic (exact) mass is 467 g/mol. The van der Waals surface area contributed by atoms with Crippen LogP contribution in [0.15, 0.2) is 45.8 Å². The molecule has 1 heterocycles. The highest BCUT2D eigenvalue weighted by atomic mass is 79.9. The van der Waals surface area contributed by atoms with Crippen molar-refractivity contribution in [2.45, 2.75) is 6.92 Å². The standard InChI is InChI=1S/C19H15BrClNO4S/c1-11-3-2-4-14(7-11)26-6-5-22-18(24)16(27-19(22)25)9-12-8-13(21)10-15(20)17(12)23/h2-4,7-10,23H,5-6H2,1H3/b16-9-. The highest BCUT2D eigenvalue weighted by molar-refractivity contribution is 9.10. The Labute approximate surface area is 174 Å². The zero-order valence-electron chi connectivity index (χ0n) is 14.2. The van der Waals surface area contributed by atoms with E-state index in [4.69, 9.17) is 16.3 Å². The average molecular weight is 469 g/mol. The van der Waals surface area contributed by atoms with Gasteiger partial charge >= 0.3 is 0 Å². The largest absolute Gasteiger partial charge is 0.506 e. The number of halogens is 2. The summed E-state index contributed by atoms with van der Waals surface area (Å²) in [7, 11) is 0. The van der Waals surface area contributed by atoms with Crippen LogP contribution in [0.1, 0.15) is 11.1 Å². The van der Waals surface area contributed by atoms with Gasteiger partial charge in [-0.2, -0.15) is 0 Å². The molecule has 1 N–H and O–H groups in total. The molecule has 1 aliphatic rings. The van der Waals surface area contributed by atoms with E-state index < -0.39 is 5.91 Å². The van der Waals surface area contributed by atoms with Crippen LogP contribution in [0, 0.1) is 6.92 Å². The molecule has 1 fully saturated rings. The first-order chi connectivity index (χ1) is 12.8. The Balaban J connectivity index is 1.70. The molecule has 5 nitrogen and oxygen atoms in total. The van der Waals surface area contributed by atoms with E-state index in [1.165, 1.54) is 12.1 Å². The van der Waals surface area contributed by atoms with Gasteiger partial charge in [-0.25, -0.2) is 0 Å². The van der Waals surface area contributed by atoms with Crippen molar-refractivity contribution in [2.75, 3.05) is 13.2 Å². The van der Waals surface area contributed by atoms with Gasteiger partial charge in [-0.1, -0.05) is 23.7 Å². The predicted molar refractivity (Wildman–Crippen MR) is 110 cm³/mol. The van der Waals surface area contributed by atoms with E-state index in [-0.39, 0.29) is 29.0 Å². The van der Waals surface area contributed by atoms with Crippen LogP contribution < -0.4 is 4.74 Å². The fraction of sp³-hybridized carbons (Fsp3) is 0.158. The molecule has 0 unspecified atom stereocenters. The zero-order valence-corrected chi connectivity index (χ0v) is 17.4. The van der Waals surface area contributed by atoms with E-state index in [0.717, 1.165) is 22.2 Å². The summed E-state index contributed by atoms with van der Waals surface area (Å²) < 4.78 is 6.02. The molecule has 2 aromatic carbocycles. The number of carbonyl (C=O) groups excluding carboxylic acids is 2. The fourth-order valence-electron chi connectivity index (χ4n) is 2.49. The third kappa shape index (κ3) is 4.66. The number of phenolic OH excluding ortho intramolecular Hbond substituents is 1. The van der Waals surface area contributed by atoms with E-state index in [2.05, 4.69) is 15.9 Å². The van der Waals surface area contributed by atoms with Crippen LogP contribution in [0.2, 0.25) is 5.02 Å². The molecule has 2 amide bonds. The highest BCUT2D eigenvalue weighted by Gasteiger charge is 2.35. The first-order valence-corrected chi connectivity index (χ1v) is 9.97. The number of aryl methyl sites for hydroxylation is 1. The number of amides is 2. The predicted octanol–water partition coefficient (Wildman–Crippen LogP) is 5.23. The van der Waals surface area contributed by atoms with Gasteiger partial charge in [0.05, 0.1) is 15.9 Å². The molecule has 0 saturated carbocycles. The number of rotatable bonds is 5. The van der Waals surface area contributed by atoms with Crippen molar-refractivity contribution in [1.82, 2.24) is 4.90 Å². The third-order valence-electron chi connectivity index (χ3n) is 3.79. The normalized spacial score (nSPS) is 15.7. The van der Waals surface area contributed by atoms with Crippen LogP contribution in [0.25, 0.3) is 6.08 Å². The number of imide groups is 1. The fourth-order valence-corrected chi connectivity index (χ4v) is 4.18. The van der Waals surface area contributed by atoms with E-state index >= 15 is 0 Å². The number of benzene rings is 2. The summed E-state index contributed by atoms with van der Waals surface area (Å²) in [5.74, 6) is 0.216. The number of hydrogen-bond acceptors (Lipinski definition) is 5. The third-order valence-corrected chi connectivity index (χ3v) is 5.52. The zero-order chi connectivity index (χ0) is 19.6. The highest BCUT2D eigenvalue weighted by Crippen LogP contribution is 2.37. The van der Waals surface area contributed by atoms with E-state index in [1.54, 1.807) is 6.07 Å². The number of nitrogens with zero attached hydrogens (tertiary/aromatic N) is 1. The lowest BCUT2D eigenvalue weighted by atomic mass is 10.2. The second-order valence-electron chi connectivity index (χ2n) is 5.82. The molecule has 0 radical (unpaired) electrons. The summed E-state index contributed by atoms with van der Waals surface area (Å²) in [5, 5.41) is 10.1. The molecule has 0 aromatic heterocycles. The number of phenols is 1. The Morgan fingerprint density at radius 3 is 2.81 bits per heavy atom. The van der Waals surface area contributed by atoms with Crippen LogP contribution in [-0.4, -0.2) is 34.3 Å². The Bertz CT molecular complexity index is 947. The van der Waals surface area contributed by atoms with Gasteiger partial charge in [0, 0.05) is 10.6 Å². The summed E-state index contributed by atoms with van der Waals surface area (Å²) in [5.41, 5.74) is 1.42. The molecular weight excluding hydrogens is 454 g/mol. The van der Waals surface area contributed by atoms with Gasteiger partial charge in [-0.05, 0) is 70.5 Å². The molecule has 8 heteroatoms. The van der Waals surface area contributed by atoms with Gasteiger partial charge < -0.3 is 9.84 Å². The topological polar surface area (TPSA) is 66.8 Å². The average Bonchev–Trinajstić information content (AvgIpc) is 2.86. The summed E-state index contributed by atoms with van der Waals surface area (Å²) in [4.78, 5) is 26.1. The van der Waals surface area contributed by atoms with E-state index in [1.807, 2.05) is 31.2 Å². The number of ether oxygens (including phenoxy) is 1. The Kier molecular flexibility index (Phi) is 6.14. The Hall–Kier alpha value is -1.96. The van der Waals surface area contributed by atoms with Crippen LogP contribution >= 0.6 is 39.3 Å². The Morgan fingerprint density at radius 2 is 2.07 bits per heavy atom. The minimum atomic E-state index is -0.423. The molecule has 0 atom stereocenters. The quantitative estimate of drug-likeness (QED) is 0.609. The van der Waals surface area contributed by atoms with Crippen molar-refractivity contribution in [2.24, 2.45) is 0 Å². The summed E-state index contributed by atoms with van der Waals surface area (Å²) >= 11 is 10.00. The lowest BCUT2D eigenvalue weighted by molar-refractivity contribution is -0.123. The summed E-state index contributed by atoms with van der Waals surface area (Å²) in [6.45, 7) is 2.29. The second kappa shape index (κ2) is 8.37.